The Morgan fingerprint density at radius 3 is 1.04 bits per heavy atom. The third-order valence-electron chi connectivity index (χ3n) is 13.6. The predicted octanol–water partition coefficient (Wildman–Crippen LogP) is 21.0. The summed E-state index contributed by atoms with van der Waals surface area (Å²) in [4.78, 5) is 35.3. The highest BCUT2D eigenvalue weighted by atomic mass is 31.2. The molecule has 0 fully saturated rings. The third-order valence-corrected chi connectivity index (χ3v) is 14.6. The highest BCUT2D eigenvalue weighted by Crippen LogP contribution is 2.43. The number of phosphoric ester groups is 1. The number of ether oxygens (including phenoxy) is 2. The van der Waals surface area contributed by atoms with Crippen LogP contribution < -0.4 is 5.73 Å². The Hall–Kier alpha value is -3.33. The van der Waals surface area contributed by atoms with Crippen LogP contribution in [-0.2, 0) is 32.7 Å². The molecule has 3 N–H and O–H groups in total. The van der Waals surface area contributed by atoms with Crippen molar-refractivity contribution in [2.75, 3.05) is 26.4 Å². The first-order valence-electron chi connectivity index (χ1n) is 32.4. The maximum Gasteiger partial charge on any atom is 0.472 e. The minimum atomic E-state index is -4.40. The molecule has 0 aromatic carbocycles. The average molecular weight is 1120 g/mol. The van der Waals surface area contributed by atoms with Gasteiger partial charge in [0.1, 0.15) is 6.61 Å². The van der Waals surface area contributed by atoms with E-state index >= 15 is 0 Å². The molecule has 0 bridgehead atoms. The fourth-order valence-electron chi connectivity index (χ4n) is 8.88. The van der Waals surface area contributed by atoms with Gasteiger partial charge in [0.15, 0.2) is 6.10 Å². The maximum atomic E-state index is 12.7. The van der Waals surface area contributed by atoms with Gasteiger partial charge in [-0.25, -0.2) is 4.57 Å². The lowest BCUT2D eigenvalue weighted by Crippen LogP contribution is -2.29. The molecule has 0 rings (SSSR count). The number of rotatable bonds is 60. The van der Waals surface area contributed by atoms with Gasteiger partial charge in [-0.3, -0.25) is 18.6 Å². The van der Waals surface area contributed by atoms with Gasteiger partial charge in [0.25, 0.3) is 0 Å². The van der Waals surface area contributed by atoms with Gasteiger partial charge in [0.2, 0.25) is 0 Å². The topological polar surface area (TPSA) is 134 Å². The molecule has 0 saturated heterocycles. The van der Waals surface area contributed by atoms with Crippen LogP contribution in [0, 0.1) is 0 Å². The zero-order chi connectivity index (χ0) is 57.3. The van der Waals surface area contributed by atoms with E-state index in [-0.39, 0.29) is 38.6 Å². The van der Waals surface area contributed by atoms with Crippen LogP contribution in [0.25, 0.3) is 0 Å². The second kappa shape index (κ2) is 63.8. The predicted molar refractivity (Wildman–Crippen MR) is 339 cm³/mol. The fourth-order valence-corrected chi connectivity index (χ4v) is 9.65. The molecule has 2 atom stereocenters. The smallest absolute Gasteiger partial charge is 0.462 e. The number of phosphoric acid groups is 1. The number of esters is 2. The fraction of sp³-hybridized carbons (Fsp3) is 0.710. The first-order chi connectivity index (χ1) is 38.8. The molecule has 0 spiro atoms. The van der Waals surface area contributed by atoms with Crippen molar-refractivity contribution in [3.63, 3.8) is 0 Å². The molecule has 0 aliphatic heterocycles. The molecule has 2 unspecified atom stereocenters. The van der Waals surface area contributed by atoms with E-state index in [1.165, 1.54) is 154 Å². The van der Waals surface area contributed by atoms with Crippen LogP contribution in [0.2, 0.25) is 0 Å². The van der Waals surface area contributed by atoms with Gasteiger partial charge in [-0.2, -0.15) is 0 Å². The van der Waals surface area contributed by atoms with Gasteiger partial charge < -0.3 is 20.1 Å². The van der Waals surface area contributed by atoms with Crippen LogP contribution in [0.1, 0.15) is 284 Å². The second-order valence-electron chi connectivity index (χ2n) is 21.2. The Morgan fingerprint density at radius 2 is 0.696 bits per heavy atom. The van der Waals surface area contributed by atoms with E-state index in [9.17, 15) is 19.0 Å². The summed E-state index contributed by atoms with van der Waals surface area (Å²) in [5.41, 5.74) is 5.39. The van der Waals surface area contributed by atoms with Gasteiger partial charge in [-0.1, -0.05) is 277 Å². The highest BCUT2D eigenvalue weighted by Gasteiger charge is 2.26. The zero-order valence-electron chi connectivity index (χ0n) is 50.8. The van der Waals surface area contributed by atoms with Crippen molar-refractivity contribution in [3.05, 3.63) is 109 Å². The molecule has 10 heteroatoms. The molecule has 9 nitrogen and oxygen atoms in total. The summed E-state index contributed by atoms with van der Waals surface area (Å²) in [6, 6.07) is 0. The van der Waals surface area contributed by atoms with E-state index < -0.39 is 26.5 Å². The maximum absolute atomic E-state index is 12.7. The summed E-state index contributed by atoms with van der Waals surface area (Å²) in [6.07, 6.45) is 87.2. The molecule has 0 saturated carbocycles. The summed E-state index contributed by atoms with van der Waals surface area (Å²) < 4.78 is 33.1. The van der Waals surface area contributed by atoms with Crippen molar-refractivity contribution >= 4 is 19.8 Å². The Morgan fingerprint density at radius 1 is 0.392 bits per heavy atom. The third kappa shape index (κ3) is 63.7. The van der Waals surface area contributed by atoms with Gasteiger partial charge in [0, 0.05) is 19.4 Å². The van der Waals surface area contributed by atoms with E-state index in [4.69, 9.17) is 24.3 Å². The minimum absolute atomic E-state index is 0.0489. The molecule has 0 amide bonds. The summed E-state index contributed by atoms with van der Waals surface area (Å²) >= 11 is 0. The van der Waals surface area contributed by atoms with Crippen molar-refractivity contribution in [2.24, 2.45) is 5.73 Å². The van der Waals surface area contributed by atoms with Crippen LogP contribution in [0.5, 0.6) is 0 Å². The van der Waals surface area contributed by atoms with Crippen LogP contribution >= 0.6 is 7.82 Å². The zero-order valence-corrected chi connectivity index (χ0v) is 51.7. The van der Waals surface area contributed by atoms with E-state index in [1.54, 1.807) is 0 Å². The van der Waals surface area contributed by atoms with Crippen molar-refractivity contribution < 1.29 is 37.6 Å². The first kappa shape index (κ1) is 75.7. The average Bonchev–Trinajstić information content (AvgIpc) is 3.44. The molecular weight excluding hydrogens is 1000 g/mol. The lowest BCUT2D eigenvalue weighted by Gasteiger charge is -2.19. The van der Waals surface area contributed by atoms with E-state index in [1.807, 2.05) is 0 Å². The number of carbonyl (C=O) groups excluding carboxylic acids is 2. The molecule has 0 aliphatic carbocycles. The minimum Gasteiger partial charge on any atom is -0.462 e. The quantitative estimate of drug-likeness (QED) is 0.0264. The first-order valence-corrected chi connectivity index (χ1v) is 33.9. The molecular formula is C69H120NO8P. The van der Waals surface area contributed by atoms with Gasteiger partial charge in [-0.05, 0) is 103 Å². The summed E-state index contributed by atoms with van der Waals surface area (Å²) in [5, 5.41) is 0. The van der Waals surface area contributed by atoms with E-state index in [0.717, 1.165) is 96.3 Å². The Balaban J connectivity index is 3.94. The Kier molecular flexibility index (Phi) is 61.2. The summed E-state index contributed by atoms with van der Waals surface area (Å²) in [5.74, 6) is -0.830. The van der Waals surface area contributed by atoms with Crippen molar-refractivity contribution in [1.82, 2.24) is 0 Å². The lowest BCUT2D eigenvalue weighted by atomic mass is 10.0. The van der Waals surface area contributed by atoms with Gasteiger partial charge in [-0.15, -0.1) is 0 Å². The lowest BCUT2D eigenvalue weighted by molar-refractivity contribution is -0.161. The molecule has 0 aromatic rings. The molecule has 0 aromatic heterocycles. The molecule has 454 valence electrons. The van der Waals surface area contributed by atoms with Crippen LogP contribution in [0.4, 0.5) is 0 Å². The molecule has 0 aliphatic rings. The van der Waals surface area contributed by atoms with E-state index in [0.29, 0.717) is 6.42 Å². The molecule has 0 heterocycles. The normalized spacial score (nSPS) is 13.7. The summed E-state index contributed by atoms with van der Waals surface area (Å²) in [6.45, 7) is 3.63. The molecule has 0 radical (unpaired) electrons. The van der Waals surface area contributed by atoms with Crippen LogP contribution in [0.3, 0.4) is 0 Å². The SMILES string of the molecule is CC/C=C\C/C=C\C/C=C\C/C=C\C/C=C\C/C=C\CCCCCCCCCCCCCCCCC(=O)OC(COC(=O)CCCCCCCCCCCC/C=C\C/C=C\C/C=C\CCCCCCC)COP(=O)(O)OCCN. The van der Waals surface area contributed by atoms with E-state index in [2.05, 4.69) is 123 Å². The van der Waals surface area contributed by atoms with Gasteiger partial charge >= 0.3 is 19.8 Å². The van der Waals surface area contributed by atoms with Crippen molar-refractivity contribution in [1.29, 1.82) is 0 Å². The number of nitrogens with two attached hydrogens (primary N) is 1. The van der Waals surface area contributed by atoms with Crippen LogP contribution in [0.15, 0.2) is 109 Å². The number of hydrogen-bond acceptors (Lipinski definition) is 8. The highest BCUT2D eigenvalue weighted by molar-refractivity contribution is 7.47. The monoisotopic (exact) mass is 1120 g/mol. The number of hydrogen-bond donors (Lipinski definition) is 2. The van der Waals surface area contributed by atoms with Crippen molar-refractivity contribution in [2.45, 2.75) is 290 Å². The number of carbonyl (C=O) groups is 2. The largest absolute Gasteiger partial charge is 0.472 e. The number of allylic oxidation sites excluding steroid dienone is 18. The molecule has 79 heavy (non-hydrogen) atoms. The summed E-state index contributed by atoms with van der Waals surface area (Å²) in [7, 11) is -4.40. The number of unbranched alkanes of at least 4 members (excludes halogenated alkanes) is 29. The standard InChI is InChI=1S/C69H120NO8P/c1-3-5-7-9-11-13-15-17-19-21-23-25-27-29-30-31-32-33-34-35-36-38-40-42-44-46-48-50-52-54-56-58-60-62-69(72)78-67(66-77-79(73,74)76-64-63-70)65-75-68(71)61-59-57-55-53-51-49-47-45-43-41-39-37-28-26-24-22-20-18-16-14-12-10-8-6-4-2/h5,7,11,13,16-19,22-25,28-30,32-33,37,67H,3-4,6,8-10,12,14-15,20-21,26-27,31,34-36,38-66,70H2,1-2H3,(H,73,74)/b7-5-,13-11-,18-16-,19-17-,24-22-,25-23-,30-29-,33-32-,37-28-. The second-order valence-corrected chi connectivity index (χ2v) is 22.7. The van der Waals surface area contributed by atoms with Crippen LogP contribution in [-0.4, -0.2) is 49.3 Å². The Bertz CT molecular complexity index is 1660. The van der Waals surface area contributed by atoms with Gasteiger partial charge in [0.05, 0.1) is 13.2 Å². The Labute approximate surface area is 486 Å². The van der Waals surface area contributed by atoms with Crippen molar-refractivity contribution in [3.8, 4) is 0 Å².